The Bertz CT molecular complexity index is 1820. The molecule has 0 spiro atoms. The van der Waals surface area contributed by atoms with Gasteiger partial charge in [0.05, 0.1) is 17.5 Å². The Kier molecular flexibility index (Phi) is 9.23. The predicted molar refractivity (Wildman–Crippen MR) is 178 cm³/mol. The van der Waals surface area contributed by atoms with E-state index in [1.165, 1.54) is 5.56 Å². The molecule has 9 heteroatoms. The van der Waals surface area contributed by atoms with Crippen LogP contribution in [0.4, 0.5) is 11.8 Å². The number of sulfonamides is 1. The van der Waals surface area contributed by atoms with Crippen molar-refractivity contribution >= 4 is 43.5 Å². The molecule has 0 bridgehead atoms. The molecule has 1 aliphatic rings. The zero-order valence-electron chi connectivity index (χ0n) is 25.0. The Hall–Kier alpha value is -4.21. The number of methoxy groups -OCH3 is 1. The summed E-state index contributed by atoms with van der Waals surface area (Å²) in [6, 6.07) is 29.2. The van der Waals surface area contributed by atoms with E-state index in [1.54, 1.807) is 19.2 Å². The van der Waals surface area contributed by atoms with E-state index in [9.17, 15) is 8.42 Å². The van der Waals surface area contributed by atoms with E-state index in [0.29, 0.717) is 29.2 Å². The van der Waals surface area contributed by atoms with E-state index in [0.717, 1.165) is 78.4 Å². The maximum Gasteiger partial charge on any atom is 0.241 e. The average molecular weight is 610 g/mol. The summed E-state index contributed by atoms with van der Waals surface area (Å²) in [5, 5.41) is 9.69. The molecule has 44 heavy (non-hydrogen) atoms. The Labute approximate surface area is 259 Å². The van der Waals surface area contributed by atoms with Crippen LogP contribution in [0.15, 0.2) is 95.9 Å². The second-order valence-corrected chi connectivity index (χ2v) is 13.3. The summed E-state index contributed by atoms with van der Waals surface area (Å²) in [7, 11) is -1.91. The van der Waals surface area contributed by atoms with Crippen LogP contribution < -0.4 is 20.1 Å². The van der Waals surface area contributed by atoms with E-state index in [1.807, 2.05) is 66.7 Å². The lowest BCUT2D eigenvalue weighted by Gasteiger charge is -2.28. The number of para-hydroxylation sites is 1. The largest absolute Gasteiger partial charge is 0.497 e. The summed E-state index contributed by atoms with van der Waals surface area (Å²) in [6.07, 6.45) is 4.91. The number of nitrogens with zero attached hydrogens (tertiary/aromatic N) is 2. The van der Waals surface area contributed by atoms with Gasteiger partial charge in [0.15, 0.2) is 0 Å². The Balaban J connectivity index is 1.01. The normalized spacial score (nSPS) is 17.0. The number of aromatic nitrogens is 2. The molecule has 1 aromatic heterocycles. The van der Waals surface area contributed by atoms with Crippen molar-refractivity contribution in [1.29, 1.82) is 0 Å². The molecule has 3 N–H and O–H groups in total. The topological polar surface area (TPSA) is 105 Å². The fourth-order valence-electron chi connectivity index (χ4n) is 6.02. The first-order valence-electron chi connectivity index (χ1n) is 15.3. The van der Waals surface area contributed by atoms with Gasteiger partial charge in [-0.05, 0) is 85.2 Å². The van der Waals surface area contributed by atoms with Crippen molar-refractivity contribution in [3.05, 3.63) is 96.6 Å². The van der Waals surface area contributed by atoms with Gasteiger partial charge >= 0.3 is 0 Å². The Morgan fingerprint density at radius 2 is 1.43 bits per heavy atom. The number of ether oxygens (including phenoxy) is 1. The minimum Gasteiger partial charge on any atom is -0.497 e. The van der Waals surface area contributed by atoms with Gasteiger partial charge in [-0.25, -0.2) is 18.1 Å². The summed E-state index contributed by atoms with van der Waals surface area (Å²) < 4.78 is 34.5. The van der Waals surface area contributed by atoms with Gasteiger partial charge < -0.3 is 15.4 Å². The lowest BCUT2D eigenvalue weighted by Crippen LogP contribution is -2.32. The fourth-order valence-corrected chi connectivity index (χ4v) is 7.36. The Morgan fingerprint density at radius 1 is 0.750 bits per heavy atom. The molecule has 5 aromatic rings. The molecule has 0 radical (unpaired) electrons. The van der Waals surface area contributed by atoms with Gasteiger partial charge in [0.1, 0.15) is 11.6 Å². The van der Waals surface area contributed by atoms with Crippen molar-refractivity contribution in [2.24, 2.45) is 11.8 Å². The van der Waals surface area contributed by atoms with E-state index in [-0.39, 0.29) is 0 Å². The number of benzene rings is 4. The summed E-state index contributed by atoms with van der Waals surface area (Å²) in [6.45, 7) is 2.00. The van der Waals surface area contributed by atoms with E-state index in [2.05, 4.69) is 27.5 Å². The van der Waals surface area contributed by atoms with Crippen molar-refractivity contribution in [3.63, 3.8) is 0 Å². The SMILES string of the molecule is COc1ccc(CCNc2nc(NC[C@H]3CC[C@H](CNS(=O)(=O)c4cccc5ccccc45)CC3)nc3ccccc23)cc1. The lowest BCUT2D eigenvalue weighted by molar-refractivity contribution is 0.284. The highest BCUT2D eigenvalue weighted by Gasteiger charge is 2.24. The van der Waals surface area contributed by atoms with Crippen LogP contribution in [0.3, 0.4) is 0 Å². The van der Waals surface area contributed by atoms with Gasteiger partial charge in [-0.2, -0.15) is 4.98 Å². The van der Waals surface area contributed by atoms with Crippen molar-refractivity contribution < 1.29 is 13.2 Å². The first kappa shape index (κ1) is 29.8. The van der Waals surface area contributed by atoms with Crippen LogP contribution in [0.1, 0.15) is 31.2 Å². The summed E-state index contributed by atoms with van der Waals surface area (Å²) in [5.41, 5.74) is 2.13. The van der Waals surface area contributed by atoms with Crippen molar-refractivity contribution in [2.45, 2.75) is 37.0 Å². The molecule has 0 saturated heterocycles. The van der Waals surface area contributed by atoms with E-state index in [4.69, 9.17) is 14.7 Å². The van der Waals surface area contributed by atoms with Gasteiger partial charge in [-0.15, -0.1) is 0 Å². The Morgan fingerprint density at radius 3 is 2.20 bits per heavy atom. The van der Waals surface area contributed by atoms with Crippen LogP contribution >= 0.6 is 0 Å². The molecule has 0 atom stereocenters. The van der Waals surface area contributed by atoms with Crippen LogP contribution in [0.5, 0.6) is 5.75 Å². The van der Waals surface area contributed by atoms with Crippen LogP contribution in [0.2, 0.25) is 0 Å². The first-order chi connectivity index (χ1) is 21.5. The third-order valence-corrected chi connectivity index (χ3v) is 10.1. The molecule has 1 fully saturated rings. The zero-order valence-corrected chi connectivity index (χ0v) is 25.8. The van der Waals surface area contributed by atoms with Gasteiger partial charge in [0.25, 0.3) is 0 Å². The van der Waals surface area contributed by atoms with Crippen LogP contribution in [0, 0.1) is 11.8 Å². The molecule has 0 aliphatic heterocycles. The molecule has 1 aliphatic carbocycles. The molecular formula is C35H39N5O3S. The summed E-state index contributed by atoms with van der Waals surface area (Å²) >= 11 is 0. The van der Waals surface area contributed by atoms with Crippen LogP contribution in [-0.2, 0) is 16.4 Å². The van der Waals surface area contributed by atoms with Crippen LogP contribution in [-0.4, -0.2) is 45.1 Å². The molecule has 228 valence electrons. The number of fused-ring (bicyclic) bond motifs is 2. The minimum atomic E-state index is -3.58. The number of nitrogens with one attached hydrogen (secondary N) is 3. The van der Waals surface area contributed by atoms with Gasteiger partial charge in [-0.1, -0.05) is 60.7 Å². The maximum absolute atomic E-state index is 13.2. The summed E-state index contributed by atoms with van der Waals surface area (Å²) in [5.74, 6) is 3.13. The minimum absolute atomic E-state index is 0.328. The maximum atomic E-state index is 13.2. The molecule has 6 rings (SSSR count). The number of rotatable bonds is 12. The third-order valence-electron chi connectivity index (χ3n) is 8.58. The average Bonchev–Trinajstić information content (AvgIpc) is 3.07. The van der Waals surface area contributed by atoms with Crippen LogP contribution in [0.25, 0.3) is 21.7 Å². The highest BCUT2D eigenvalue weighted by molar-refractivity contribution is 7.89. The molecular weight excluding hydrogens is 570 g/mol. The third kappa shape index (κ3) is 7.11. The number of hydrogen-bond donors (Lipinski definition) is 3. The predicted octanol–water partition coefficient (Wildman–Crippen LogP) is 6.64. The van der Waals surface area contributed by atoms with Gasteiger partial charge in [0, 0.05) is 30.4 Å². The monoisotopic (exact) mass is 609 g/mol. The van der Waals surface area contributed by atoms with E-state index >= 15 is 0 Å². The first-order valence-corrected chi connectivity index (χ1v) is 16.8. The second kappa shape index (κ2) is 13.6. The quantitative estimate of drug-likeness (QED) is 0.146. The molecule has 1 heterocycles. The van der Waals surface area contributed by atoms with Crippen molar-refractivity contribution in [2.75, 3.05) is 37.4 Å². The molecule has 4 aromatic carbocycles. The number of hydrogen-bond acceptors (Lipinski definition) is 7. The molecule has 1 saturated carbocycles. The molecule has 0 amide bonds. The van der Waals surface area contributed by atoms with E-state index < -0.39 is 10.0 Å². The fraction of sp³-hybridized carbons (Fsp3) is 0.314. The van der Waals surface area contributed by atoms with Gasteiger partial charge in [-0.3, -0.25) is 0 Å². The highest BCUT2D eigenvalue weighted by Crippen LogP contribution is 2.30. The lowest BCUT2D eigenvalue weighted by atomic mass is 9.82. The highest BCUT2D eigenvalue weighted by atomic mass is 32.2. The molecule has 0 unspecified atom stereocenters. The molecule has 8 nitrogen and oxygen atoms in total. The van der Waals surface area contributed by atoms with Gasteiger partial charge in [0.2, 0.25) is 16.0 Å². The van der Waals surface area contributed by atoms with Crippen molar-refractivity contribution in [3.8, 4) is 5.75 Å². The van der Waals surface area contributed by atoms with Crippen molar-refractivity contribution in [1.82, 2.24) is 14.7 Å². The zero-order chi connectivity index (χ0) is 30.4. The number of anilines is 2. The standard InChI is InChI=1S/C35H39N5O3S/c1-43-29-19-17-25(18-20-29)21-22-36-34-31-10-4-5-11-32(31)39-35(40-34)37-23-26-13-15-27(16-14-26)24-38-44(41,42)33-12-6-8-28-7-2-3-9-30(28)33/h2-12,17-20,26-27,38H,13-16,21-24H2,1H3,(H2,36,37,39,40)/t26-,27-. The smallest absolute Gasteiger partial charge is 0.241 e. The second-order valence-electron chi connectivity index (χ2n) is 11.5. The summed E-state index contributed by atoms with van der Waals surface area (Å²) in [4.78, 5) is 9.96.